The van der Waals surface area contributed by atoms with E-state index in [-0.39, 0.29) is 11.6 Å². The van der Waals surface area contributed by atoms with Crippen LogP contribution in [0.3, 0.4) is 0 Å². The molecule has 3 rings (SSSR count). The van der Waals surface area contributed by atoms with Crippen LogP contribution in [0.4, 0.5) is 4.39 Å². The molecule has 128 valence electrons. The highest BCUT2D eigenvalue weighted by atomic mass is 35.5. The Morgan fingerprint density at radius 2 is 2.08 bits per heavy atom. The number of rotatable bonds is 5. The van der Waals surface area contributed by atoms with Gasteiger partial charge in [0.1, 0.15) is 12.4 Å². The number of hydrogen-bond acceptors (Lipinski definition) is 5. The monoisotopic (exact) mass is 361 g/mol. The third-order valence-corrected chi connectivity index (χ3v) is 3.65. The van der Waals surface area contributed by atoms with Crippen molar-refractivity contribution in [2.24, 2.45) is 0 Å². The summed E-state index contributed by atoms with van der Waals surface area (Å²) in [6.45, 7) is 0.169. The Bertz CT molecular complexity index is 914. The van der Waals surface area contributed by atoms with E-state index in [1.54, 1.807) is 30.5 Å². The van der Waals surface area contributed by atoms with E-state index in [1.165, 1.54) is 30.1 Å². The van der Waals surface area contributed by atoms with E-state index in [0.717, 1.165) is 0 Å². The lowest BCUT2D eigenvalue weighted by molar-refractivity contribution is 0.0600. The van der Waals surface area contributed by atoms with Crippen molar-refractivity contribution in [2.45, 2.75) is 6.61 Å². The lowest BCUT2D eigenvalue weighted by atomic mass is 10.2. The highest BCUT2D eigenvalue weighted by Crippen LogP contribution is 2.20. The van der Waals surface area contributed by atoms with Crippen LogP contribution in [0.1, 0.15) is 15.9 Å². The largest absolute Gasteiger partial charge is 0.473 e. The van der Waals surface area contributed by atoms with E-state index < -0.39 is 11.8 Å². The van der Waals surface area contributed by atoms with Crippen molar-refractivity contribution in [3.8, 4) is 11.7 Å². The number of methoxy groups -OCH3 is 1. The third-order valence-electron chi connectivity index (χ3n) is 3.36. The van der Waals surface area contributed by atoms with E-state index in [0.29, 0.717) is 22.8 Å². The summed E-state index contributed by atoms with van der Waals surface area (Å²) in [5, 5.41) is 4.18. The van der Waals surface area contributed by atoms with Crippen LogP contribution in [0.5, 0.6) is 5.88 Å². The Hall–Kier alpha value is -2.93. The highest BCUT2D eigenvalue weighted by Gasteiger charge is 2.12. The van der Waals surface area contributed by atoms with Gasteiger partial charge in [-0.05, 0) is 29.8 Å². The van der Waals surface area contributed by atoms with E-state index in [9.17, 15) is 9.18 Å². The fourth-order valence-corrected chi connectivity index (χ4v) is 2.34. The van der Waals surface area contributed by atoms with E-state index in [4.69, 9.17) is 21.1 Å². The van der Waals surface area contributed by atoms with Gasteiger partial charge in [-0.2, -0.15) is 9.78 Å². The van der Waals surface area contributed by atoms with Crippen molar-refractivity contribution in [3.63, 3.8) is 0 Å². The predicted molar refractivity (Wildman–Crippen MR) is 88.4 cm³/mol. The van der Waals surface area contributed by atoms with Gasteiger partial charge in [0.25, 0.3) is 0 Å². The number of hydrogen-bond donors (Lipinski definition) is 0. The zero-order valence-corrected chi connectivity index (χ0v) is 13.9. The topological polar surface area (TPSA) is 66.2 Å². The van der Waals surface area contributed by atoms with E-state index in [1.807, 2.05) is 0 Å². The zero-order valence-electron chi connectivity index (χ0n) is 13.1. The van der Waals surface area contributed by atoms with Crippen LogP contribution in [0, 0.1) is 5.82 Å². The molecule has 0 saturated heterocycles. The van der Waals surface area contributed by atoms with Gasteiger partial charge < -0.3 is 9.47 Å². The number of carbonyl (C=O) groups excluding carboxylic acids is 1. The summed E-state index contributed by atoms with van der Waals surface area (Å²) in [5.41, 5.74) is 1.05. The number of aromatic nitrogens is 3. The van der Waals surface area contributed by atoms with Gasteiger partial charge >= 0.3 is 5.97 Å². The van der Waals surface area contributed by atoms with Crippen LogP contribution in [0.25, 0.3) is 5.82 Å². The molecule has 3 aromatic rings. The molecule has 0 aliphatic carbocycles. The lowest BCUT2D eigenvalue weighted by Crippen LogP contribution is -2.07. The first-order chi connectivity index (χ1) is 12.1. The number of benzene rings is 1. The molecule has 0 N–H and O–H groups in total. The molecule has 8 heteroatoms. The molecule has 0 radical (unpaired) electrons. The summed E-state index contributed by atoms with van der Waals surface area (Å²) in [4.78, 5) is 15.8. The molecule has 0 amide bonds. The molecule has 0 saturated carbocycles. The molecule has 0 aliphatic rings. The Morgan fingerprint density at radius 1 is 1.24 bits per heavy atom. The molecule has 2 heterocycles. The SMILES string of the molecule is COC(=O)c1ccnc(-n2nccc2OCc2ccc(F)c(Cl)c2)c1. The number of pyridine rings is 1. The van der Waals surface area contributed by atoms with Crippen molar-refractivity contribution in [3.05, 3.63) is 70.8 Å². The second-order valence-electron chi connectivity index (χ2n) is 5.01. The van der Waals surface area contributed by atoms with Crippen molar-refractivity contribution in [2.75, 3.05) is 7.11 Å². The normalized spacial score (nSPS) is 10.5. The molecule has 6 nitrogen and oxygen atoms in total. The molecule has 0 unspecified atom stereocenters. The van der Waals surface area contributed by atoms with Gasteiger partial charge in [0.15, 0.2) is 5.82 Å². The first kappa shape index (κ1) is 16.9. The summed E-state index contributed by atoms with van der Waals surface area (Å²) in [6.07, 6.45) is 3.02. The van der Waals surface area contributed by atoms with Gasteiger partial charge in [-0.15, -0.1) is 0 Å². The second-order valence-corrected chi connectivity index (χ2v) is 5.42. The summed E-state index contributed by atoms with van der Waals surface area (Å²) < 4.78 is 25.0. The average Bonchev–Trinajstić information content (AvgIpc) is 3.10. The number of carbonyl (C=O) groups is 1. The fourth-order valence-electron chi connectivity index (χ4n) is 2.14. The van der Waals surface area contributed by atoms with Crippen molar-refractivity contribution < 1.29 is 18.7 Å². The van der Waals surface area contributed by atoms with Gasteiger partial charge in [-0.1, -0.05) is 17.7 Å². The average molecular weight is 362 g/mol. The van der Waals surface area contributed by atoms with E-state index >= 15 is 0 Å². The van der Waals surface area contributed by atoms with Crippen LogP contribution in [0.2, 0.25) is 5.02 Å². The van der Waals surface area contributed by atoms with E-state index in [2.05, 4.69) is 10.1 Å². The predicted octanol–water partition coefficient (Wildman–Crippen LogP) is 3.43. The van der Waals surface area contributed by atoms with Crippen molar-refractivity contribution in [1.82, 2.24) is 14.8 Å². The molecule has 0 fully saturated rings. The standard InChI is InChI=1S/C17H13ClFN3O3/c1-24-17(23)12-4-6-20-15(9-12)22-16(5-7-21-22)25-10-11-2-3-14(19)13(18)8-11/h2-9H,10H2,1H3. The second kappa shape index (κ2) is 7.31. The van der Waals surface area contributed by atoms with Crippen molar-refractivity contribution in [1.29, 1.82) is 0 Å². The molecular weight excluding hydrogens is 349 g/mol. The Balaban J connectivity index is 1.81. The first-order valence-corrected chi connectivity index (χ1v) is 7.62. The minimum absolute atomic E-state index is 0.0297. The quantitative estimate of drug-likeness (QED) is 0.651. The molecule has 0 atom stereocenters. The van der Waals surface area contributed by atoms with Crippen LogP contribution in [-0.2, 0) is 11.3 Å². The Morgan fingerprint density at radius 3 is 2.84 bits per heavy atom. The van der Waals surface area contributed by atoms with Crippen LogP contribution >= 0.6 is 11.6 Å². The number of ether oxygens (including phenoxy) is 2. The number of nitrogens with zero attached hydrogens (tertiary/aromatic N) is 3. The summed E-state index contributed by atoms with van der Waals surface area (Å²) >= 11 is 5.76. The minimum atomic E-state index is -0.487. The smallest absolute Gasteiger partial charge is 0.338 e. The minimum Gasteiger partial charge on any atom is -0.473 e. The zero-order chi connectivity index (χ0) is 17.8. The van der Waals surface area contributed by atoms with Crippen LogP contribution in [0.15, 0.2) is 48.8 Å². The van der Waals surface area contributed by atoms with Crippen LogP contribution in [-0.4, -0.2) is 27.8 Å². The van der Waals surface area contributed by atoms with Gasteiger partial charge in [-0.25, -0.2) is 14.2 Å². The molecule has 0 spiro atoms. The van der Waals surface area contributed by atoms with Gasteiger partial charge in [0.2, 0.25) is 5.88 Å². The highest BCUT2D eigenvalue weighted by molar-refractivity contribution is 6.30. The van der Waals surface area contributed by atoms with Gasteiger partial charge in [0, 0.05) is 12.3 Å². The first-order valence-electron chi connectivity index (χ1n) is 7.24. The maximum atomic E-state index is 13.2. The Kier molecular flexibility index (Phi) is 4.95. The Labute approximate surface area is 147 Å². The van der Waals surface area contributed by atoms with Crippen LogP contribution < -0.4 is 4.74 Å². The molecule has 0 aliphatic heterocycles. The molecule has 0 bridgehead atoms. The maximum Gasteiger partial charge on any atom is 0.338 e. The molecule has 1 aromatic carbocycles. The number of halogens is 2. The fraction of sp³-hybridized carbons (Fsp3) is 0.118. The van der Waals surface area contributed by atoms with Gasteiger partial charge in [-0.3, -0.25) is 0 Å². The summed E-state index contributed by atoms with van der Waals surface area (Å²) in [5.74, 6) is -0.145. The number of esters is 1. The third kappa shape index (κ3) is 3.77. The van der Waals surface area contributed by atoms with Gasteiger partial charge in [0.05, 0.1) is 23.9 Å². The molecule has 2 aromatic heterocycles. The molecule has 25 heavy (non-hydrogen) atoms. The molecular formula is C17H13ClFN3O3. The maximum absolute atomic E-state index is 13.2. The van der Waals surface area contributed by atoms with Crippen molar-refractivity contribution >= 4 is 17.6 Å². The summed E-state index contributed by atoms with van der Waals surface area (Å²) in [7, 11) is 1.30. The summed E-state index contributed by atoms with van der Waals surface area (Å²) in [6, 6.07) is 9.09. The lowest BCUT2D eigenvalue weighted by Gasteiger charge is -2.10.